The molecule has 0 aromatic rings. The molecule has 0 aromatic carbocycles. The minimum absolute atomic E-state index is 0.0845. The first-order valence-electron chi connectivity index (χ1n) is 4.13. The zero-order valence-electron chi connectivity index (χ0n) is 7.46. The van der Waals surface area contributed by atoms with Gasteiger partial charge in [-0.15, -0.1) is 0 Å². The van der Waals surface area contributed by atoms with Gasteiger partial charge in [0, 0.05) is 0 Å². The predicted octanol–water partition coefficient (Wildman–Crippen LogP) is 2.40. The first-order valence-corrected chi connectivity index (χ1v) is 4.13. The Balaban J connectivity index is 2.86. The zero-order chi connectivity index (χ0) is 9.14. The summed E-state index contributed by atoms with van der Waals surface area (Å²) in [6.45, 7) is 4.10. The van der Waals surface area contributed by atoms with Gasteiger partial charge in [-0.05, 0) is 26.7 Å². The van der Waals surface area contributed by atoms with Crippen LogP contribution >= 0.6 is 0 Å². The van der Waals surface area contributed by atoms with E-state index in [4.69, 9.17) is 10.5 Å². The van der Waals surface area contributed by atoms with E-state index in [0.29, 0.717) is 0 Å². The van der Waals surface area contributed by atoms with Gasteiger partial charge in [0.15, 0.2) is 0 Å². The number of rotatable bonds is 0. The Bertz CT molecular complexity index is 258. The fourth-order valence-corrected chi connectivity index (χ4v) is 1.56. The van der Waals surface area contributed by atoms with Crippen LogP contribution in [0.5, 0.6) is 0 Å². The minimum atomic E-state index is -0.0845. The highest BCUT2D eigenvalue weighted by molar-refractivity contribution is 5.21. The van der Waals surface area contributed by atoms with E-state index in [1.54, 1.807) is 0 Å². The summed E-state index contributed by atoms with van der Waals surface area (Å²) in [6, 6.07) is 4.40. The van der Waals surface area contributed by atoms with Crippen molar-refractivity contribution in [3.63, 3.8) is 0 Å². The van der Waals surface area contributed by atoms with Crippen molar-refractivity contribution >= 4 is 0 Å². The largest absolute Gasteiger partial charge is 0.198 e. The van der Waals surface area contributed by atoms with Crippen LogP contribution in [0.15, 0.2) is 11.1 Å². The average Bonchev–Trinajstić information content (AvgIpc) is 2.09. The van der Waals surface area contributed by atoms with Gasteiger partial charge in [-0.2, -0.15) is 10.5 Å². The lowest BCUT2D eigenvalue weighted by Gasteiger charge is -2.23. The summed E-state index contributed by atoms with van der Waals surface area (Å²) < 4.78 is 0. The molecule has 0 amide bonds. The summed E-state index contributed by atoms with van der Waals surface area (Å²) in [5.74, 6) is -0.169. The number of allylic oxidation sites excluding steroid dienone is 2. The topological polar surface area (TPSA) is 47.6 Å². The van der Waals surface area contributed by atoms with Crippen molar-refractivity contribution in [1.29, 1.82) is 10.5 Å². The van der Waals surface area contributed by atoms with Crippen molar-refractivity contribution in [2.45, 2.75) is 26.7 Å². The summed E-state index contributed by atoms with van der Waals surface area (Å²) in [5.41, 5.74) is 2.57. The van der Waals surface area contributed by atoms with Crippen LogP contribution in [0.1, 0.15) is 26.7 Å². The van der Waals surface area contributed by atoms with E-state index in [2.05, 4.69) is 12.1 Å². The van der Waals surface area contributed by atoms with Crippen LogP contribution < -0.4 is 0 Å². The number of hydrogen-bond acceptors (Lipinski definition) is 2. The lowest BCUT2D eigenvalue weighted by atomic mass is 9.78. The van der Waals surface area contributed by atoms with Crippen molar-refractivity contribution in [2.24, 2.45) is 11.8 Å². The molecule has 12 heavy (non-hydrogen) atoms. The van der Waals surface area contributed by atoms with Crippen LogP contribution in [-0.4, -0.2) is 0 Å². The Morgan fingerprint density at radius 2 is 1.33 bits per heavy atom. The SMILES string of the molecule is CC1=C(C)CC(C#N)C(C#N)C1. The molecule has 0 aromatic heterocycles. The van der Waals surface area contributed by atoms with E-state index in [-0.39, 0.29) is 11.8 Å². The van der Waals surface area contributed by atoms with Crippen LogP contribution in [0, 0.1) is 34.5 Å². The predicted molar refractivity (Wildman–Crippen MR) is 45.8 cm³/mol. The Morgan fingerprint density at radius 1 is 1.00 bits per heavy atom. The molecule has 0 saturated carbocycles. The van der Waals surface area contributed by atoms with Crippen molar-refractivity contribution < 1.29 is 0 Å². The van der Waals surface area contributed by atoms with Crippen molar-refractivity contribution in [3.8, 4) is 12.1 Å². The lowest BCUT2D eigenvalue weighted by molar-refractivity contribution is 0.457. The summed E-state index contributed by atoms with van der Waals surface area (Å²) in [4.78, 5) is 0. The third-order valence-electron chi connectivity index (χ3n) is 2.60. The van der Waals surface area contributed by atoms with Crippen LogP contribution in [0.4, 0.5) is 0 Å². The number of nitriles is 2. The smallest absolute Gasteiger partial charge is 0.0673 e. The third kappa shape index (κ3) is 1.48. The Kier molecular flexibility index (Phi) is 2.51. The molecular weight excluding hydrogens is 148 g/mol. The average molecular weight is 160 g/mol. The van der Waals surface area contributed by atoms with Gasteiger partial charge in [-0.1, -0.05) is 11.1 Å². The highest BCUT2D eigenvalue weighted by Crippen LogP contribution is 2.32. The Labute approximate surface area is 73.1 Å². The maximum atomic E-state index is 8.77. The second-order valence-corrected chi connectivity index (χ2v) is 3.44. The maximum Gasteiger partial charge on any atom is 0.0673 e. The van der Waals surface area contributed by atoms with Gasteiger partial charge < -0.3 is 0 Å². The maximum absolute atomic E-state index is 8.77. The zero-order valence-corrected chi connectivity index (χ0v) is 7.46. The van der Waals surface area contributed by atoms with E-state index in [9.17, 15) is 0 Å². The van der Waals surface area contributed by atoms with Gasteiger partial charge in [-0.25, -0.2) is 0 Å². The molecule has 0 fully saturated rings. The molecule has 2 unspecified atom stereocenters. The number of hydrogen-bond donors (Lipinski definition) is 0. The molecule has 0 radical (unpaired) electrons. The molecule has 1 aliphatic rings. The molecule has 2 heteroatoms. The molecule has 0 bridgehead atoms. The van der Waals surface area contributed by atoms with Gasteiger partial charge in [-0.3, -0.25) is 0 Å². The molecule has 0 N–H and O–H groups in total. The molecule has 2 atom stereocenters. The second kappa shape index (κ2) is 3.41. The molecule has 1 rings (SSSR count). The first kappa shape index (κ1) is 8.81. The summed E-state index contributed by atoms with van der Waals surface area (Å²) in [6.07, 6.45) is 1.56. The Morgan fingerprint density at radius 3 is 1.58 bits per heavy atom. The molecule has 0 aliphatic heterocycles. The van der Waals surface area contributed by atoms with Gasteiger partial charge >= 0.3 is 0 Å². The van der Waals surface area contributed by atoms with Crippen molar-refractivity contribution in [1.82, 2.24) is 0 Å². The van der Waals surface area contributed by atoms with Crippen LogP contribution in [0.25, 0.3) is 0 Å². The van der Waals surface area contributed by atoms with Gasteiger partial charge in [0.25, 0.3) is 0 Å². The van der Waals surface area contributed by atoms with Gasteiger partial charge in [0.05, 0.1) is 24.0 Å². The standard InChI is InChI=1S/C10H12N2/c1-7-3-9(5-11)10(6-12)4-8(7)2/h9-10H,3-4H2,1-2H3. The van der Waals surface area contributed by atoms with Crippen LogP contribution in [0.3, 0.4) is 0 Å². The highest BCUT2D eigenvalue weighted by atomic mass is 14.4. The summed E-state index contributed by atoms with van der Waals surface area (Å²) >= 11 is 0. The third-order valence-corrected chi connectivity index (χ3v) is 2.60. The first-order chi connectivity index (χ1) is 5.69. The molecule has 2 nitrogen and oxygen atoms in total. The fraction of sp³-hybridized carbons (Fsp3) is 0.600. The van der Waals surface area contributed by atoms with E-state index in [1.165, 1.54) is 11.1 Å². The molecule has 0 heterocycles. The molecular formula is C10H12N2. The lowest BCUT2D eigenvalue weighted by Crippen LogP contribution is -2.17. The minimum Gasteiger partial charge on any atom is -0.198 e. The normalized spacial score (nSPS) is 29.3. The molecule has 0 saturated heterocycles. The Hall–Kier alpha value is -1.28. The van der Waals surface area contributed by atoms with Gasteiger partial charge in [0.1, 0.15) is 0 Å². The highest BCUT2D eigenvalue weighted by Gasteiger charge is 2.26. The van der Waals surface area contributed by atoms with Crippen molar-refractivity contribution in [2.75, 3.05) is 0 Å². The van der Waals surface area contributed by atoms with Gasteiger partial charge in [0.2, 0.25) is 0 Å². The second-order valence-electron chi connectivity index (χ2n) is 3.44. The molecule has 1 aliphatic carbocycles. The molecule has 62 valence electrons. The summed E-state index contributed by atoms with van der Waals surface area (Å²) in [7, 11) is 0. The van der Waals surface area contributed by atoms with E-state index in [1.807, 2.05) is 13.8 Å². The van der Waals surface area contributed by atoms with Crippen molar-refractivity contribution in [3.05, 3.63) is 11.1 Å². The van der Waals surface area contributed by atoms with Crippen LogP contribution in [-0.2, 0) is 0 Å². The quantitative estimate of drug-likeness (QED) is 0.511. The summed E-state index contributed by atoms with van der Waals surface area (Å²) in [5, 5.41) is 17.5. The van der Waals surface area contributed by atoms with Crippen LogP contribution in [0.2, 0.25) is 0 Å². The number of nitrogens with zero attached hydrogens (tertiary/aromatic N) is 2. The van der Waals surface area contributed by atoms with E-state index >= 15 is 0 Å². The fourth-order valence-electron chi connectivity index (χ4n) is 1.56. The molecule has 0 spiro atoms. The van der Waals surface area contributed by atoms with E-state index in [0.717, 1.165) is 12.8 Å². The van der Waals surface area contributed by atoms with E-state index < -0.39 is 0 Å². The monoisotopic (exact) mass is 160 g/mol.